The second kappa shape index (κ2) is 9.78. The maximum Gasteiger partial charge on any atom is 0.253 e. The summed E-state index contributed by atoms with van der Waals surface area (Å²) in [5, 5.41) is 12.7. The molecule has 1 aromatic heterocycles. The minimum Gasteiger partial charge on any atom is -0.339 e. The predicted molar refractivity (Wildman–Crippen MR) is 112 cm³/mol. The van der Waals surface area contributed by atoms with Crippen LogP contribution in [0.3, 0.4) is 0 Å². The van der Waals surface area contributed by atoms with E-state index >= 15 is 0 Å². The van der Waals surface area contributed by atoms with Crippen LogP contribution in [0.5, 0.6) is 0 Å². The molecule has 0 unspecified atom stereocenters. The second-order valence-corrected chi connectivity index (χ2v) is 8.44. The van der Waals surface area contributed by atoms with Crippen molar-refractivity contribution >= 4 is 28.3 Å². The van der Waals surface area contributed by atoms with Crippen molar-refractivity contribution in [3.63, 3.8) is 0 Å². The van der Waals surface area contributed by atoms with Crippen LogP contribution in [-0.4, -0.2) is 40.0 Å². The van der Waals surface area contributed by atoms with Gasteiger partial charge in [0.05, 0.1) is 0 Å². The Morgan fingerprint density at radius 2 is 1.86 bits per heavy atom. The number of aromatic nitrogens is 2. The van der Waals surface area contributed by atoms with Gasteiger partial charge in [0.25, 0.3) is 5.91 Å². The van der Waals surface area contributed by atoms with Gasteiger partial charge in [-0.1, -0.05) is 48.8 Å². The van der Waals surface area contributed by atoms with Crippen molar-refractivity contribution in [2.75, 3.05) is 18.4 Å². The summed E-state index contributed by atoms with van der Waals surface area (Å²) in [5.41, 5.74) is 1.84. The number of benzene rings is 1. The summed E-state index contributed by atoms with van der Waals surface area (Å²) < 4.78 is 0. The maximum absolute atomic E-state index is 12.6. The Balaban J connectivity index is 1.47. The van der Waals surface area contributed by atoms with E-state index in [2.05, 4.69) is 22.4 Å². The van der Waals surface area contributed by atoms with Gasteiger partial charge in [-0.15, -0.1) is 10.2 Å². The van der Waals surface area contributed by atoms with Gasteiger partial charge in [0.15, 0.2) is 0 Å². The van der Waals surface area contributed by atoms with Crippen molar-refractivity contribution < 1.29 is 9.59 Å². The lowest BCUT2D eigenvalue weighted by Crippen LogP contribution is -2.41. The summed E-state index contributed by atoms with van der Waals surface area (Å²) in [5.74, 6) is -0.0621. The highest BCUT2D eigenvalue weighted by Crippen LogP contribution is 2.23. The third-order valence-corrected chi connectivity index (χ3v) is 6.04. The molecule has 1 saturated heterocycles. The van der Waals surface area contributed by atoms with Crippen molar-refractivity contribution in [2.24, 2.45) is 5.92 Å². The zero-order valence-corrected chi connectivity index (χ0v) is 17.4. The van der Waals surface area contributed by atoms with E-state index < -0.39 is 0 Å². The first kappa shape index (κ1) is 20.5. The first-order chi connectivity index (χ1) is 13.6. The first-order valence-electron chi connectivity index (χ1n) is 10.1. The number of aryl methyl sites for hydroxylation is 2. The zero-order chi connectivity index (χ0) is 19.9. The minimum absolute atomic E-state index is 0.0151. The quantitative estimate of drug-likeness (QED) is 0.711. The Morgan fingerprint density at radius 1 is 1.14 bits per heavy atom. The number of nitrogens with zero attached hydrogens (tertiary/aromatic N) is 3. The molecule has 2 aromatic rings. The van der Waals surface area contributed by atoms with Crippen LogP contribution in [0, 0.1) is 12.8 Å². The Hall–Kier alpha value is -2.28. The molecule has 0 radical (unpaired) electrons. The smallest absolute Gasteiger partial charge is 0.253 e. The van der Waals surface area contributed by atoms with E-state index in [1.165, 1.54) is 24.2 Å². The van der Waals surface area contributed by atoms with Crippen LogP contribution in [0.2, 0.25) is 0 Å². The minimum atomic E-state index is -0.0884. The fourth-order valence-electron chi connectivity index (χ4n) is 3.36. The summed E-state index contributed by atoms with van der Waals surface area (Å²) in [6.45, 7) is 5.38. The number of hydrogen-bond acceptors (Lipinski definition) is 5. The summed E-state index contributed by atoms with van der Waals surface area (Å²) >= 11 is 1.46. The van der Waals surface area contributed by atoms with Gasteiger partial charge in [0.2, 0.25) is 11.0 Å². The highest BCUT2D eigenvalue weighted by Gasteiger charge is 2.28. The molecule has 150 valence electrons. The zero-order valence-electron chi connectivity index (χ0n) is 16.6. The lowest BCUT2D eigenvalue weighted by Gasteiger charge is -2.31. The van der Waals surface area contributed by atoms with Crippen LogP contribution < -0.4 is 5.32 Å². The van der Waals surface area contributed by atoms with Gasteiger partial charge in [-0.05, 0) is 38.3 Å². The van der Waals surface area contributed by atoms with Gasteiger partial charge in [-0.3, -0.25) is 9.59 Å². The third-order valence-electron chi connectivity index (χ3n) is 5.14. The van der Waals surface area contributed by atoms with Crippen LogP contribution in [0.4, 0.5) is 5.13 Å². The number of carbonyl (C=O) groups excluding carboxylic acids is 2. The number of anilines is 1. The number of piperidine rings is 1. The third kappa shape index (κ3) is 5.38. The number of hydrogen-bond donors (Lipinski definition) is 1. The average Bonchev–Trinajstić information content (AvgIpc) is 3.15. The molecule has 2 heterocycles. The highest BCUT2D eigenvalue weighted by molar-refractivity contribution is 7.15. The molecule has 0 saturated carbocycles. The molecule has 0 atom stereocenters. The fraction of sp³-hybridized carbons (Fsp3) is 0.524. The van der Waals surface area contributed by atoms with E-state index in [1.54, 1.807) is 0 Å². The normalized spacial score (nSPS) is 14.9. The van der Waals surface area contributed by atoms with Crippen LogP contribution in [0.15, 0.2) is 24.3 Å². The summed E-state index contributed by atoms with van der Waals surface area (Å²) in [7, 11) is 0. The lowest BCUT2D eigenvalue weighted by molar-refractivity contribution is -0.121. The molecular formula is C21H28N4O2S. The number of rotatable bonds is 7. The van der Waals surface area contributed by atoms with E-state index in [4.69, 9.17) is 0 Å². The lowest BCUT2D eigenvalue weighted by atomic mass is 9.95. The van der Waals surface area contributed by atoms with Crippen molar-refractivity contribution in [1.29, 1.82) is 0 Å². The van der Waals surface area contributed by atoms with Crippen molar-refractivity contribution in [3.05, 3.63) is 40.4 Å². The Kier molecular flexibility index (Phi) is 7.14. The average molecular weight is 401 g/mol. The molecular weight excluding hydrogens is 372 g/mol. The number of likely N-dealkylation sites (tertiary alicyclic amines) is 1. The van der Waals surface area contributed by atoms with Gasteiger partial charge in [0, 0.05) is 31.0 Å². The topological polar surface area (TPSA) is 75.2 Å². The van der Waals surface area contributed by atoms with Gasteiger partial charge in [-0.2, -0.15) is 0 Å². The van der Waals surface area contributed by atoms with E-state index in [-0.39, 0.29) is 17.7 Å². The Morgan fingerprint density at radius 3 is 2.54 bits per heavy atom. The molecule has 1 N–H and O–H groups in total. The molecule has 1 aliphatic heterocycles. The number of amides is 2. The molecule has 6 nitrogen and oxygen atoms in total. The Labute approximate surface area is 170 Å². The summed E-state index contributed by atoms with van der Waals surface area (Å²) in [6.07, 6.45) is 5.72. The molecule has 1 fully saturated rings. The highest BCUT2D eigenvalue weighted by atomic mass is 32.1. The summed E-state index contributed by atoms with van der Waals surface area (Å²) in [4.78, 5) is 27.0. The molecule has 3 rings (SSSR count). The molecule has 0 spiro atoms. The largest absolute Gasteiger partial charge is 0.339 e. The second-order valence-electron chi connectivity index (χ2n) is 7.38. The number of carbonyl (C=O) groups is 2. The molecule has 2 amide bonds. The van der Waals surface area contributed by atoms with Gasteiger partial charge in [-0.25, -0.2) is 0 Å². The van der Waals surface area contributed by atoms with E-state index in [9.17, 15) is 9.59 Å². The van der Waals surface area contributed by atoms with Gasteiger partial charge >= 0.3 is 0 Å². The van der Waals surface area contributed by atoms with Gasteiger partial charge < -0.3 is 10.2 Å². The fourth-order valence-corrected chi connectivity index (χ4v) is 4.15. The first-order valence-corrected chi connectivity index (χ1v) is 10.9. The number of unbranched alkanes of at least 4 members (excludes halogenated alkanes) is 2. The number of nitrogens with one attached hydrogen (secondary N) is 1. The summed E-state index contributed by atoms with van der Waals surface area (Å²) in [6, 6.07) is 7.63. The standard InChI is InChI=1S/C21H28N4O2S/c1-3-4-5-6-18-23-24-21(28-18)22-19(26)16-11-13-25(14-12-16)20(27)17-9-7-15(2)8-10-17/h7-10,16H,3-6,11-14H2,1-2H3,(H,22,24,26). The predicted octanol–water partition coefficient (Wildman–Crippen LogP) is 4.07. The monoisotopic (exact) mass is 400 g/mol. The Bertz CT molecular complexity index is 795. The van der Waals surface area contributed by atoms with Crippen molar-refractivity contribution in [1.82, 2.24) is 15.1 Å². The van der Waals surface area contributed by atoms with Crippen LogP contribution in [-0.2, 0) is 11.2 Å². The van der Waals surface area contributed by atoms with Gasteiger partial charge in [0.1, 0.15) is 5.01 Å². The van der Waals surface area contributed by atoms with Crippen molar-refractivity contribution in [3.8, 4) is 0 Å². The maximum atomic E-state index is 12.6. The molecule has 7 heteroatoms. The van der Waals surface area contributed by atoms with E-state index in [0.717, 1.165) is 23.4 Å². The van der Waals surface area contributed by atoms with E-state index in [0.29, 0.717) is 36.6 Å². The van der Waals surface area contributed by atoms with Crippen molar-refractivity contribution in [2.45, 2.75) is 52.4 Å². The van der Waals surface area contributed by atoms with Crippen LogP contribution in [0.25, 0.3) is 0 Å². The molecule has 1 aliphatic rings. The SMILES string of the molecule is CCCCCc1nnc(NC(=O)C2CCN(C(=O)c3ccc(C)cc3)CC2)s1. The molecule has 0 aliphatic carbocycles. The molecule has 1 aromatic carbocycles. The van der Waals surface area contributed by atoms with Crippen LogP contribution in [0.1, 0.15) is 60.0 Å². The van der Waals surface area contributed by atoms with E-state index in [1.807, 2.05) is 36.1 Å². The molecule has 0 bridgehead atoms. The molecule has 28 heavy (non-hydrogen) atoms. The van der Waals surface area contributed by atoms with Crippen LogP contribution >= 0.6 is 11.3 Å².